The van der Waals surface area contributed by atoms with Crippen LogP contribution < -0.4 is 0 Å². The standard InChI is InChI=1S/C17H28ClNOS/c1-17(2,3)13-5-7-15(20)12(9-13)10-19(4)11-14-6-8-16(18)21-14/h6,8,12-13,15,20H,5,7,9-11H2,1-4H3. The van der Waals surface area contributed by atoms with Crippen LogP contribution in [0.25, 0.3) is 0 Å². The van der Waals surface area contributed by atoms with Crippen LogP contribution in [-0.2, 0) is 6.54 Å². The van der Waals surface area contributed by atoms with Crippen molar-refractivity contribution in [3.8, 4) is 0 Å². The molecular formula is C17H28ClNOS. The zero-order valence-electron chi connectivity index (χ0n) is 13.6. The van der Waals surface area contributed by atoms with Gasteiger partial charge in [0.1, 0.15) is 0 Å². The second kappa shape index (κ2) is 6.99. The molecule has 1 saturated carbocycles. The SMILES string of the molecule is CN(Cc1ccc(Cl)s1)CC1CC(C(C)(C)C)CCC1O. The van der Waals surface area contributed by atoms with Gasteiger partial charge in [-0.15, -0.1) is 11.3 Å². The molecule has 1 aliphatic carbocycles. The third-order valence-corrected chi connectivity index (χ3v) is 5.98. The van der Waals surface area contributed by atoms with Crippen molar-refractivity contribution in [3.05, 3.63) is 21.3 Å². The average molecular weight is 330 g/mol. The van der Waals surface area contributed by atoms with E-state index in [1.54, 1.807) is 11.3 Å². The number of halogens is 1. The van der Waals surface area contributed by atoms with E-state index in [-0.39, 0.29) is 6.10 Å². The molecule has 4 heteroatoms. The molecule has 1 fully saturated rings. The molecule has 0 aliphatic heterocycles. The van der Waals surface area contributed by atoms with E-state index < -0.39 is 0 Å². The van der Waals surface area contributed by atoms with E-state index in [9.17, 15) is 5.11 Å². The van der Waals surface area contributed by atoms with Gasteiger partial charge in [0, 0.05) is 18.0 Å². The number of rotatable bonds is 4. The van der Waals surface area contributed by atoms with Crippen LogP contribution in [0.3, 0.4) is 0 Å². The molecule has 1 N–H and O–H groups in total. The lowest BCUT2D eigenvalue weighted by molar-refractivity contribution is 0.00570. The Balaban J connectivity index is 1.90. The number of nitrogens with zero attached hydrogens (tertiary/aromatic N) is 1. The number of hydrogen-bond donors (Lipinski definition) is 1. The molecule has 3 atom stereocenters. The molecule has 120 valence electrons. The van der Waals surface area contributed by atoms with E-state index in [0.29, 0.717) is 11.3 Å². The van der Waals surface area contributed by atoms with E-state index >= 15 is 0 Å². The first-order chi connectivity index (χ1) is 9.75. The van der Waals surface area contributed by atoms with Crippen molar-refractivity contribution in [3.63, 3.8) is 0 Å². The summed E-state index contributed by atoms with van der Waals surface area (Å²) in [6.07, 6.45) is 3.11. The van der Waals surface area contributed by atoms with Gasteiger partial charge in [0.2, 0.25) is 0 Å². The normalized spacial score (nSPS) is 27.3. The van der Waals surface area contributed by atoms with Crippen molar-refractivity contribution < 1.29 is 5.11 Å². The lowest BCUT2D eigenvalue weighted by Crippen LogP contribution is -2.40. The number of aliphatic hydroxyl groups is 1. The maximum Gasteiger partial charge on any atom is 0.0931 e. The molecular weight excluding hydrogens is 302 g/mol. The molecule has 2 nitrogen and oxygen atoms in total. The van der Waals surface area contributed by atoms with Gasteiger partial charge in [-0.2, -0.15) is 0 Å². The van der Waals surface area contributed by atoms with Gasteiger partial charge in [-0.3, -0.25) is 0 Å². The van der Waals surface area contributed by atoms with Gasteiger partial charge in [0.15, 0.2) is 0 Å². The molecule has 1 aromatic heterocycles. The summed E-state index contributed by atoms with van der Waals surface area (Å²) >= 11 is 7.63. The van der Waals surface area contributed by atoms with Crippen molar-refractivity contribution in [2.45, 2.75) is 52.7 Å². The maximum atomic E-state index is 10.3. The van der Waals surface area contributed by atoms with Crippen LogP contribution in [0.4, 0.5) is 0 Å². The molecule has 1 aromatic rings. The van der Waals surface area contributed by atoms with E-state index in [1.165, 1.54) is 4.88 Å². The van der Waals surface area contributed by atoms with Gasteiger partial charge >= 0.3 is 0 Å². The van der Waals surface area contributed by atoms with E-state index in [0.717, 1.165) is 42.6 Å². The molecule has 2 rings (SSSR count). The fourth-order valence-electron chi connectivity index (χ4n) is 3.40. The summed E-state index contributed by atoms with van der Waals surface area (Å²) in [6.45, 7) is 8.85. The van der Waals surface area contributed by atoms with Crippen molar-refractivity contribution >= 4 is 22.9 Å². The van der Waals surface area contributed by atoms with Gasteiger partial charge < -0.3 is 10.0 Å². The lowest BCUT2D eigenvalue weighted by atomic mass is 9.68. The molecule has 21 heavy (non-hydrogen) atoms. The Labute approximate surface area is 138 Å². The van der Waals surface area contributed by atoms with E-state index in [2.05, 4.69) is 38.8 Å². The highest BCUT2D eigenvalue weighted by Gasteiger charge is 2.35. The highest BCUT2D eigenvalue weighted by Crippen LogP contribution is 2.40. The van der Waals surface area contributed by atoms with Gasteiger partial charge in [-0.05, 0) is 55.7 Å². The summed E-state index contributed by atoms with van der Waals surface area (Å²) in [4.78, 5) is 3.61. The van der Waals surface area contributed by atoms with Gasteiger partial charge in [-0.25, -0.2) is 0 Å². The average Bonchev–Trinajstić information content (AvgIpc) is 2.76. The summed E-state index contributed by atoms with van der Waals surface area (Å²) in [5.41, 5.74) is 0.345. The molecule has 1 heterocycles. The van der Waals surface area contributed by atoms with E-state index in [4.69, 9.17) is 11.6 Å². The van der Waals surface area contributed by atoms with Crippen LogP contribution in [0, 0.1) is 17.3 Å². The van der Waals surface area contributed by atoms with E-state index in [1.807, 2.05) is 6.07 Å². The van der Waals surface area contributed by atoms with Crippen LogP contribution in [0.15, 0.2) is 12.1 Å². The van der Waals surface area contributed by atoms with Crippen LogP contribution in [0.1, 0.15) is 44.9 Å². The van der Waals surface area contributed by atoms with Crippen molar-refractivity contribution in [1.82, 2.24) is 4.90 Å². The first-order valence-corrected chi connectivity index (χ1v) is 9.06. The zero-order chi connectivity index (χ0) is 15.6. The van der Waals surface area contributed by atoms with Crippen LogP contribution in [0.5, 0.6) is 0 Å². The molecule has 1 aliphatic rings. The molecule has 0 aromatic carbocycles. The fraction of sp³-hybridized carbons (Fsp3) is 0.765. The number of aliphatic hydroxyl groups excluding tert-OH is 1. The molecule has 0 bridgehead atoms. The smallest absolute Gasteiger partial charge is 0.0931 e. The first kappa shape index (κ1) is 17.3. The Morgan fingerprint density at radius 1 is 1.33 bits per heavy atom. The van der Waals surface area contributed by atoms with Crippen LogP contribution in [0.2, 0.25) is 4.34 Å². The number of thiophene rings is 1. The monoisotopic (exact) mass is 329 g/mol. The van der Waals surface area contributed by atoms with Crippen molar-refractivity contribution in [2.24, 2.45) is 17.3 Å². The zero-order valence-corrected chi connectivity index (χ0v) is 15.2. The predicted molar refractivity (Wildman–Crippen MR) is 92.0 cm³/mol. The van der Waals surface area contributed by atoms with Crippen molar-refractivity contribution in [2.75, 3.05) is 13.6 Å². The van der Waals surface area contributed by atoms with Gasteiger partial charge in [0.05, 0.1) is 10.4 Å². The summed E-state index contributed by atoms with van der Waals surface area (Å²) in [5, 5.41) is 10.3. The Hall–Kier alpha value is -0.0900. The fourth-order valence-corrected chi connectivity index (χ4v) is 4.57. The Kier molecular flexibility index (Phi) is 5.75. The largest absolute Gasteiger partial charge is 0.393 e. The maximum absolute atomic E-state index is 10.3. The highest BCUT2D eigenvalue weighted by atomic mass is 35.5. The second-order valence-electron chi connectivity index (χ2n) is 7.61. The predicted octanol–water partition coefficient (Wildman–Crippen LogP) is 4.66. The van der Waals surface area contributed by atoms with Crippen molar-refractivity contribution in [1.29, 1.82) is 0 Å². The lowest BCUT2D eigenvalue weighted by Gasteiger charge is -2.41. The van der Waals surface area contributed by atoms with Crippen LogP contribution >= 0.6 is 22.9 Å². The third-order valence-electron chi connectivity index (χ3n) is 4.77. The number of hydrogen-bond acceptors (Lipinski definition) is 3. The minimum atomic E-state index is -0.141. The minimum absolute atomic E-state index is 0.141. The minimum Gasteiger partial charge on any atom is -0.393 e. The Morgan fingerprint density at radius 2 is 2.05 bits per heavy atom. The highest BCUT2D eigenvalue weighted by molar-refractivity contribution is 7.16. The van der Waals surface area contributed by atoms with Gasteiger partial charge in [0.25, 0.3) is 0 Å². The molecule has 0 radical (unpaired) electrons. The summed E-state index contributed by atoms with van der Waals surface area (Å²) < 4.78 is 0.851. The molecule has 0 spiro atoms. The third kappa shape index (κ3) is 4.95. The molecule has 0 amide bonds. The Bertz CT molecular complexity index is 454. The molecule has 0 saturated heterocycles. The Morgan fingerprint density at radius 3 is 2.62 bits per heavy atom. The summed E-state index contributed by atoms with van der Waals surface area (Å²) in [6, 6.07) is 4.05. The summed E-state index contributed by atoms with van der Waals surface area (Å²) in [5.74, 6) is 1.11. The summed E-state index contributed by atoms with van der Waals surface area (Å²) in [7, 11) is 2.14. The van der Waals surface area contributed by atoms with Crippen LogP contribution in [-0.4, -0.2) is 29.7 Å². The quantitative estimate of drug-likeness (QED) is 0.868. The second-order valence-corrected chi connectivity index (χ2v) is 9.41. The topological polar surface area (TPSA) is 23.5 Å². The van der Waals surface area contributed by atoms with Gasteiger partial charge in [-0.1, -0.05) is 32.4 Å². The first-order valence-electron chi connectivity index (χ1n) is 7.86. The molecule has 3 unspecified atom stereocenters.